The fraction of sp³-hybridized carbons (Fsp3) is 0.600. The van der Waals surface area contributed by atoms with Gasteiger partial charge in [0.1, 0.15) is 11.3 Å². The first kappa shape index (κ1) is 13.8. The number of nitrogens with zero attached hydrogens (tertiary/aromatic N) is 4. The summed E-state index contributed by atoms with van der Waals surface area (Å²) >= 11 is 6.33. The van der Waals surface area contributed by atoms with Gasteiger partial charge in [0.2, 0.25) is 0 Å². The molecule has 0 bridgehead atoms. The van der Waals surface area contributed by atoms with Crippen LogP contribution in [0.15, 0.2) is 12.3 Å². The molecule has 3 heterocycles. The Morgan fingerprint density at radius 1 is 1.50 bits per heavy atom. The van der Waals surface area contributed by atoms with Crippen molar-refractivity contribution in [2.75, 3.05) is 13.6 Å². The molecule has 0 aliphatic carbocycles. The van der Waals surface area contributed by atoms with Gasteiger partial charge in [-0.1, -0.05) is 0 Å². The lowest BCUT2D eigenvalue weighted by Crippen LogP contribution is -2.30. The van der Waals surface area contributed by atoms with Crippen molar-refractivity contribution in [3.8, 4) is 0 Å². The zero-order chi connectivity index (χ0) is 14.3. The van der Waals surface area contributed by atoms with E-state index in [2.05, 4.69) is 28.4 Å². The second-order valence-corrected chi connectivity index (χ2v) is 6.43. The summed E-state index contributed by atoms with van der Waals surface area (Å²) in [5.74, 6) is 0.934. The lowest BCUT2D eigenvalue weighted by molar-refractivity contribution is 0.282. The zero-order valence-corrected chi connectivity index (χ0v) is 13.1. The average Bonchev–Trinajstić information content (AvgIpc) is 2.96. The summed E-state index contributed by atoms with van der Waals surface area (Å²) in [5.41, 5.74) is 3.11. The Labute approximate surface area is 124 Å². The van der Waals surface area contributed by atoms with Gasteiger partial charge in [-0.15, -0.1) is 11.6 Å². The number of halogens is 1. The van der Waals surface area contributed by atoms with Gasteiger partial charge in [-0.25, -0.2) is 9.97 Å². The van der Waals surface area contributed by atoms with Gasteiger partial charge < -0.3 is 9.47 Å². The first-order valence-corrected chi connectivity index (χ1v) is 7.67. The van der Waals surface area contributed by atoms with Crippen LogP contribution in [0, 0.1) is 6.92 Å². The number of pyridine rings is 1. The molecular weight excluding hydrogens is 272 g/mol. The quantitative estimate of drug-likeness (QED) is 0.815. The molecule has 0 amide bonds. The molecule has 20 heavy (non-hydrogen) atoms. The molecular formula is C15H21ClN4. The number of alkyl halides is 1. The van der Waals surface area contributed by atoms with Gasteiger partial charge >= 0.3 is 0 Å². The fourth-order valence-electron chi connectivity index (χ4n) is 3.06. The van der Waals surface area contributed by atoms with E-state index < -0.39 is 0 Å². The summed E-state index contributed by atoms with van der Waals surface area (Å²) in [6.07, 6.45) is 4.36. The largest absolute Gasteiger partial charge is 0.310 e. The third-order valence-electron chi connectivity index (χ3n) is 4.29. The second-order valence-electron chi connectivity index (χ2n) is 5.77. The van der Waals surface area contributed by atoms with Crippen LogP contribution in [0.4, 0.5) is 0 Å². The molecule has 4 nitrogen and oxygen atoms in total. The lowest BCUT2D eigenvalue weighted by atomic mass is 10.2. The summed E-state index contributed by atoms with van der Waals surface area (Å²) in [5, 5.41) is -0.102. The van der Waals surface area contributed by atoms with Crippen molar-refractivity contribution in [1.82, 2.24) is 19.4 Å². The van der Waals surface area contributed by atoms with E-state index in [0.29, 0.717) is 6.04 Å². The van der Waals surface area contributed by atoms with E-state index >= 15 is 0 Å². The van der Waals surface area contributed by atoms with Crippen molar-refractivity contribution in [2.24, 2.45) is 0 Å². The highest BCUT2D eigenvalue weighted by molar-refractivity contribution is 6.20. The van der Waals surface area contributed by atoms with Crippen molar-refractivity contribution in [3.63, 3.8) is 0 Å². The summed E-state index contributed by atoms with van der Waals surface area (Å²) in [4.78, 5) is 11.7. The first-order valence-electron chi connectivity index (χ1n) is 7.24. The molecule has 2 aromatic rings. The molecule has 3 rings (SSSR count). The topological polar surface area (TPSA) is 34.0 Å². The molecule has 0 aromatic carbocycles. The van der Waals surface area contributed by atoms with E-state index in [-0.39, 0.29) is 5.38 Å². The van der Waals surface area contributed by atoms with Crippen LogP contribution in [0.25, 0.3) is 11.2 Å². The van der Waals surface area contributed by atoms with Gasteiger partial charge in [0.05, 0.1) is 5.38 Å². The number of likely N-dealkylation sites (N-methyl/N-ethyl adjacent to an activating group) is 1. The minimum absolute atomic E-state index is 0.102. The number of fused-ring (bicyclic) bond motifs is 1. The highest BCUT2D eigenvalue weighted by atomic mass is 35.5. The molecule has 2 unspecified atom stereocenters. The van der Waals surface area contributed by atoms with Gasteiger partial charge in [0.15, 0.2) is 5.65 Å². The van der Waals surface area contributed by atoms with E-state index in [1.165, 1.54) is 19.4 Å². The SMILES string of the molecule is Cc1ccnc2c1nc(C(C)Cl)n2CC1CCCN1C. The molecule has 0 saturated carbocycles. The van der Waals surface area contributed by atoms with Crippen LogP contribution in [-0.2, 0) is 6.54 Å². The summed E-state index contributed by atoms with van der Waals surface area (Å²) in [7, 11) is 2.19. The molecule has 2 aromatic heterocycles. The third kappa shape index (κ3) is 2.31. The standard InChI is InChI=1S/C15H21ClN4/c1-10-6-7-17-15-13(10)18-14(11(2)16)20(15)9-12-5-4-8-19(12)3/h6-7,11-12H,4-5,8-9H2,1-3H3. The number of rotatable bonds is 3. The number of hydrogen-bond acceptors (Lipinski definition) is 3. The Morgan fingerprint density at radius 3 is 2.95 bits per heavy atom. The highest BCUT2D eigenvalue weighted by Crippen LogP contribution is 2.27. The number of aromatic nitrogens is 3. The van der Waals surface area contributed by atoms with Crippen LogP contribution in [0.2, 0.25) is 0 Å². The summed E-state index contributed by atoms with van der Waals surface area (Å²) < 4.78 is 2.21. The lowest BCUT2D eigenvalue weighted by Gasteiger charge is -2.21. The van der Waals surface area contributed by atoms with Gasteiger partial charge in [-0.2, -0.15) is 0 Å². The van der Waals surface area contributed by atoms with Crippen molar-refractivity contribution in [2.45, 2.75) is 44.7 Å². The maximum Gasteiger partial charge on any atom is 0.160 e. The maximum atomic E-state index is 6.33. The van der Waals surface area contributed by atoms with Gasteiger partial charge in [0.25, 0.3) is 0 Å². The minimum Gasteiger partial charge on any atom is -0.310 e. The number of imidazole rings is 1. The number of aryl methyl sites for hydroxylation is 1. The van der Waals surface area contributed by atoms with Crippen LogP contribution in [0.3, 0.4) is 0 Å². The van der Waals surface area contributed by atoms with E-state index in [4.69, 9.17) is 16.6 Å². The van der Waals surface area contributed by atoms with Crippen LogP contribution in [-0.4, -0.2) is 39.1 Å². The Bertz CT molecular complexity index is 620. The fourth-order valence-corrected chi connectivity index (χ4v) is 3.23. The molecule has 108 valence electrons. The van der Waals surface area contributed by atoms with Crippen LogP contribution < -0.4 is 0 Å². The van der Waals surface area contributed by atoms with Crippen molar-refractivity contribution < 1.29 is 0 Å². The molecule has 5 heteroatoms. The Morgan fingerprint density at radius 2 is 2.30 bits per heavy atom. The minimum atomic E-state index is -0.102. The Balaban J connectivity index is 2.07. The molecule has 1 aliphatic rings. The highest BCUT2D eigenvalue weighted by Gasteiger charge is 2.25. The van der Waals surface area contributed by atoms with E-state index in [9.17, 15) is 0 Å². The molecule has 1 saturated heterocycles. The number of likely N-dealkylation sites (tertiary alicyclic amines) is 1. The molecule has 0 spiro atoms. The van der Waals surface area contributed by atoms with E-state index in [0.717, 1.165) is 29.1 Å². The smallest absolute Gasteiger partial charge is 0.160 e. The average molecular weight is 293 g/mol. The molecule has 2 atom stereocenters. The van der Waals surface area contributed by atoms with Crippen LogP contribution >= 0.6 is 11.6 Å². The Kier molecular flexibility index (Phi) is 3.69. The van der Waals surface area contributed by atoms with Crippen molar-refractivity contribution in [3.05, 3.63) is 23.7 Å². The van der Waals surface area contributed by atoms with Crippen LogP contribution in [0.1, 0.15) is 36.5 Å². The van der Waals surface area contributed by atoms with Crippen LogP contribution in [0.5, 0.6) is 0 Å². The Hall–Kier alpha value is -1.13. The molecule has 1 aliphatic heterocycles. The molecule has 0 N–H and O–H groups in total. The van der Waals surface area contributed by atoms with Gasteiger partial charge in [-0.3, -0.25) is 0 Å². The predicted octanol–water partition coefficient (Wildman–Crippen LogP) is 3.13. The van der Waals surface area contributed by atoms with Crippen molar-refractivity contribution in [1.29, 1.82) is 0 Å². The predicted molar refractivity (Wildman–Crippen MR) is 82.2 cm³/mol. The molecule has 1 fully saturated rings. The summed E-state index contributed by atoms with van der Waals surface area (Å²) in [6, 6.07) is 2.56. The normalized spacial score (nSPS) is 21.7. The number of hydrogen-bond donors (Lipinski definition) is 0. The monoisotopic (exact) mass is 292 g/mol. The maximum absolute atomic E-state index is 6.33. The first-order chi connectivity index (χ1) is 9.58. The molecule has 0 radical (unpaired) electrons. The van der Waals surface area contributed by atoms with E-state index in [1.807, 2.05) is 19.2 Å². The van der Waals surface area contributed by atoms with Gasteiger partial charge in [0, 0.05) is 18.8 Å². The third-order valence-corrected chi connectivity index (χ3v) is 4.48. The second kappa shape index (κ2) is 5.34. The summed E-state index contributed by atoms with van der Waals surface area (Å²) in [6.45, 7) is 6.16. The van der Waals surface area contributed by atoms with Crippen molar-refractivity contribution >= 4 is 22.8 Å². The van der Waals surface area contributed by atoms with E-state index in [1.54, 1.807) is 0 Å². The zero-order valence-electron chi connectivity index (χ0n) is 12.3. The van der Waals surface area contributed by atoms with Gasteiger partial charge in [-0.05, 0) is 51.9 Å².